The molecular formula is C15H11F3N4O2. The van der Waals surface area contributed by atoms with Gasteiger partial charge in [0.25, 0.3) is 5.91 Å². The van der Waals surface area contributed by atoms with Crippen LogP contribution < -0.4 is 5.32 Å². The Balaban J connectivity index is 1.76. The Bertz CT molecular complexity index is 865. The molecule has 124 valence electrons. The normalized spacial score (nSPS) is 11.5. The van der Waals surface area contributed by atoms with Crippen LogP contribution in [0.5, 0.6) is 0 Å². The standard InChI is InChI=1S/C15H11F3N4O2/c1-8-6-12(22-21-8)20-13(23)11-7-24-14(19-11)9-2-4-10(5-3-9)15(16,17)18/h2-7H,1H3,(H2,20,21,22,23). The Morgan fingerprint density at radius 3 is 2.54 bits per heavy atom. The first kappa shape index (κ1) is 15.8. The molecule has 2 N–H and O–H groups in total. The lowest BCUT2D eigenvalue weighted by molar-refractivity contribution is -0.137. The summed E-state index contributed by atoms with van der Waals surface area (Å²) >= 11 is 0. The van der Waals surface area contributed by atoms with Gasteiger partial charge in [0.2, 0.25) is 5.89 Å². The Morgan fingerprint density at radius 2 is 1.96 bits per heavy atom. The maximum absolute atomic E-state index is 12.5. The fourth-order valence-electron chi connectivity index (χ4n) is 1.97. The average molecular weight is 336 g/mol. The fourth-order valence-corrected chi connectivity index (χ4v) is 1.97. The zero-order chi connectivity index (χ0) is 17.3. The number of oxazole rings is 1. The van der Waals surface area contributed by atoms with E-state index in [1.165, 1.54) is 12.1 Å². The largest absolute Gasteiger partial charge is 0.444 e. The Labute approximate surface area is 133 Å². The summed E-state index contributed by atoms with van der Waals surface area (Å²) in [6, 6.07) is 5.94. The highest BCUT2D eigenvalue weighted by atomic mass is 19.4. The molecule has 9 heteroatoms. The van der Waals surface area contributed by atoms with Gasteiger partial charge in [0.05, 0.1) is 5.56 Å². The molecule has 0 saturated carbocycles. The van der Waals surface area contributed by atoms with E-state index in [0.717, 1.165) is 24.1 Å². The van der Waals surface area contributed by atoms with Crippen LogP contribution in [0.25, 0.3) is 11.5 Å². The van der Waals surface area contributed by atoms with E-state index in [9.17, 15) is 18.0 Å². The van der Waals surface area contributed by atoms with E-state index in [1.807, 2.05) is 0 Å². The number of H-pyrrole nitrogens is 1. The molecule has 0 unspecified atom stereocenters. The van der Waals surface area contributed by atoms with Crippen LogP contribution in [0.4, 0.5) is 19.0 Å². The van der Waals surface area contributed by atoms with E-state index in [0.29, 0.717) is 11.4 Å². The van der Waals surface area contributed by atoms with Crippen LogP contribution in [0.1, 0.15) is 21.7 Å². The van der Waals surface area contributed by atoms with Gasteiger partial charge in [0.15, 0.2) is 11.5 Å². The third-order valence-electron chi connectivity index (χ3n) is 3.14. The number of hydrogen-bond acceptors (Lipinski definition) is 4. The minimum Gasteiger partial charge on any atom is -0.444 e. The predicted octanol–water partition coefficient (Wildman–Crippen LogP) is 3.64. The molecule has 0 fully saturated rings. The van der Waals surface area contributed by atoms with Gasteiger partial charge >= 0.3 is 6.18 Å². The maximum atomic E-state index is 12.5. The second-order valence-electron chi connectivity index (χ2n) is 5.00. The molecular weight excluding hydrogens is 325 g/mol. The zero-order valence-corrected chi connectivity index (χ0v) is 12.3. The number of aromatic nitrogens is 3. The lowest BCUT2D eigenvalue weighted by Gasteiger charge is -2.05. The third kappa shape index (κ3) is 3.29. The van der Waals surface area contributed by atoms with Gasteiger partial charge in [-0.05, 0) is 31.2 Å². The van der Waals surface area contributed by atoms with Gasteiger partial charge in [-0.3, -0.25) is 9.89 Å². The number of nitrogens with one attached hydrogen (secondary N) is 2. The third-order valence-corrected chi connectivity index (χ3v) is 3.14. The van der Waals surface area contributed by atoms with E-state index in [-0.39, 0.29) is 11.6 Å². The SMILES string of the molecule is Cc1cc(NC(=O)c2coc(-c3ccc(C(F)(F)F)cc3)n2)n[nH]1. The van der Waals surface area contributed by atoms with Crippen molar-refractivity contribution >= 4 is 11.7 Å². The fraction of sp³-hybridized carbons (Fsp3) is 0.133. The number of alkyl halides is 3. The van der Waals surface area contributed by atoms with Crippen LogP contribution in [0.3, 0.4) is 0 Å². The van der Waals surface area contributed by atoms with Gasteiger partial charge in [-0.25, -0.2) is 4.98 Å². The van der Waals surface area contributed by atoms with Crippen molar-refractivity contribution in [3.8, 4) is 11.5 Å². The summed E-state index contributed by atoms with van der Waals surface area (Å²) in [5, 5.41) is 9.05. The van der Waals surface area contributed by atoms with E-state index < -0.39 is 17.6 Å². The smallest absolute Gasteiger partial charge is 0.416 e. The molecule has 3 aromatic rings. The van der Waals surface area contributed by atoms with E-state index in [1.54, 1.807) is 13.0 Å². The molecule has 1 aromatic carbocycles. The zero-order valence-electron chi connectivity index (χ0n) is 12.3. The van der Waals surface area contributed by atoms with Crippen molar-refractivity contribution in [2.24, 2.45) is 0 Å². The number of aryl methyl sites for hydroxylation is 1. The van der Waals surface area contributed by atoms with Gasteiger partial charge in [-0.15, -0.1) is 0 Å². The average Bonchev–Trinajstić information content (AvgIpc) is 3.16. The molecule has 0 aliphatic carbocycles. The second-order valence-corrected chi connectivity index (χ2v) is 5.00. The van der Waals surface area contributed by atoms with Crippen molar-refractivity contribution in [2.45, 2.75) is 13.1 Å². The molecule has 0 bridgehead atoms. The van der Waals surface area contributed by atoms with Crippen molar-refractivity contribution in [3.05, 3.63) is 53.5 Å². The van der Waals surface area contributed by atoms with Crippen molar-refractivity contribution < 1.29 is 22.4 Å². The molecule has 0 radical (unpaired) electrons. The van der Waals surface area contributed by atoms with Crippen molar-refractivity contribution in [3.63, 3.8) is 0 Å². The van der Waals surface area contributed by atoms with Gasteiger partial charge in [0.1, 0.15) is 6.26 Å². The summed E-state index contributed by atoms with van der Waals surface area (Å²) < 4.78 is 42.8. The number of nitrogens with zero attached hydrogens (tertiary/aromatic N) is 2. The van der Waals surface area contributed by atoms with E-state index >= 15 is 0 Å². The number of anilines is 1. The number of carbonyl (C=O) groups is 1. The van der Waals surface area contributed by atoms with Crippen LogP contribution in [-0.2, 0) is 6.18 Å². The lowest BCUT2D eigenvalue weighted by atomic mass is 10.1. The van der Waals surface area contributed by atoms with Gasteiger partial charge < -0.3 is 9.73 Å². The number of benzene rings is 1. The summed E-state index contributed by atoms with van der Waals surface area (Å²) in [5.74, 6) is -0.160. The number of amides is 1. The Morgan fingerprint density at radius 1 is 1.25 bits per heavy atom. The molecule has 1 amide bonds. The summed E-state index contributed by atoms with van der Waals surface area (Å²) in [7, 11) is 0. The minimum atomic E-state index is -4.41. The van der Waals surface area contributed by atoms with Gasteiger partial charge in [0, 0.05) is 17.3 Å². The predicted molar refractivity (Wildman–Crippen MR) is 78.2 cm³/mol. The molecule has 0 saturated heterocycles. The molecule has 6 nitrogen and oxygen atoms in total. The molecule has 0 spiro atoms. The Kier molecular flexibility index (Phi) is 3.84. The number of aromatic amines is 1. The first-order chi connectivity index (χ1) is 11.3. The van der Waals surface area contributed by atoms with Crippen LogP contribution >= 0.6 is 0 Å². The van der Waals surface area contributed by atoms with Crippen molar-refractivity contribution in [1.82, 2.24) is 15.2 Å². The summed E-state index contributed by atoms with van der Waals surface area (Å²) in [6.07, 6.45) is -3.29. The van der Waals surface area contributed by atoms with Crippen LogP contribution in [0.2, 0.25) is 0 Å². The number of halogens is 3. The number of carbonyl (C=O) groups excluding carboxylic acids is 1. The quantitative estimate of drug-likeness (QED) is 0.765. The number of hydrogen-bond donors (Lipinski definition) is 2. The second kappa shape index (κ2) is 5.84. The Hall–Kier alpha value is -3.10. The summed E-state index contributed by atoms with van der Waals surface area (Å²) in [4.78, 5) is 16.0. The van der Waals surface area contributed by atoms with Gasteiger partial charge in [-0.2, -0.15) is 18.3 Å². The molecule has 2 heterocycles. The van der Waals surface area contributed by atoms with Crippen LogP contribution in [0, 0.1) is 6.92 Å². The summed E-state index contributed by atoms with van der Waals surface area (Å²) in [6.45, 7) is 1.78. The lowest BCUT2D eigenvalue weighted by Crippen LogP contribution is -2.12. The molecule has 2 aromatic heterocycles. The van der Waals surface area contributed by atoms with E-state index in [2.05, 4.69) is 20.5 Å². The highest BCUT2D eigenvalue weighted by Gasteiger charge is 2.30. The van der Waals surface area contributed by atoms with E-state index in [4.69, 9.17) is 4.42 Å². The molecule has 0 aliphatic rings. The molecule has 3 rings (SSSR count). The molecule has 0 aliphatic heterocycles. The van der Waals surface area contributed by atoms with Crippen LogP contribution in [0.15, 0.2) is 41.0 Å². The van der Waals surface area contributed by atoms with Gasteiger partial charge in [-0.1, -0.05) is 0 Å². The highest BCUT2D eigenvalue weighted by molar-refractivity contribution is 6.02. The summed E-state index contributed by atoms with van der Waals surface area (Å²) in [5.41, 5.74) is 0.323. The maximum Gasteiger partial charge on any atom is 0.416 e. The monoisotopic (exact) mass is 336 g/mol. The molecule has 0 atom stereocenters. The van der Waals surface area contributed by atoms with Crippen molar-refractivity contribution in [2.75, 3.05) is 5.32 Å². The molecule has 24 heavy (non-hydrogen) atoms. The first-order valence-corrected chi connectivity index (χ1v) is 6.79. The first-order valence-electron chi connectivity index (χ1n) is 6.79. The van der Waals surface area contributed by atoms with Crippen molar-refractivity contribution in [1.29, 1.82) is 0 Å². The minimum absolute atomic E-state index is 0.00875. The highest BCUT2D eigenvalue weighted by Crippen LogP contribution is 2.30. The number of rotatable bonds is 3. The topological polar surface area (TPSA) is 83.8 Å². The van der Waals surface area contributed by atoms with Crippen LogP contribution in [-0.4, -0.2) is 21.1 Å².